The fraction of sp³-hybridized carbons (Fsp3) is 0.500. The summed E-state index contributed by atoms with van der Waals surface area (Å²) in [5.74, 6) is 0.442. The molecule has 1 N–H and O–H groups in total. The van der Waals surface area contributed by atoms with Gasteiger partial charge in [-0.05, 0) is 53.7 Å². The van der Waals surface area contributed by atoms with Gasteiger partial charge >= 0.3 is 0 Å². The van der Waals surface area contributed by atoms with E-state index in [9.17, 15) is 4.79 Å². The van der Waals surface area contributed by atoms with Crippen LogP contribution in [0.4, 0.5) is 0 Å². The van der Waals surface area contributed by atoms with Gasteiger partial charge in [-0.15, -0.1) is 0 Å². The lowest BCUT2D eigenvalue weighted by Crippen LogP contribution is -2.39. The maximum Gasteiger partial charge on any atom is 0.255 e. The largest absolute Gasteiger partial charge is 0.396 e. The summed E-state index contributed by atoms with van der Waals surface area (Å²) in [7, 11) is 0. The highest BCUT2D eigenvalue weighted by Gasteiger charge is 2.24. The predicted molar refractivity (Wildman–Crippen MR) is 74.6 cm³/mol. The monoisotopic (exact) mass is 311 g/mol. The molecule has 1 aliphatic heterocycles. The quantitative estimate of drug-likeness (QED) is 0.912. The number of piperidine rings is 1. The van der Waals surface area contributed by atoms with Crippen LogP contribution in [0.25, 0.3) is 0 Å². The lowest BCUT2D eigenvalue weighted by molar-refractivity contribution is 0.0650. The van der Waals surface area contributed by atoms with Crippen LogP contribution in [0.2, 0.25) is 0 Å². The molecule has 0 radical (unpaired) electrons. The van der Waals surface area contributed by atoms with Gasteiger partial charge in [0.05, 0.1) is 5.56 Å². The molecule has 1 saturated heterocycles. The Morgan fingerprint density at radius 2 is 2.11 bits per heavy atom. The van der Waals surface area contributed by atoms with E-state index in [0.29, 0.717) is 5.92 Å². The average molecular weight is 312 g/mol. The third-order valence-corrected chi connectivity index (χ3v) is 4.20. The lowest BCUT2D eigenvalue weighted by Gasteiger charge is -2.31. The van der Waals surface area contributed by atoms with Gasteiger partial charge < -0.3 is 10.0 Å². The minimum Gasteiger partial charge on any atom is -0.396 e. The van der Waals surface area contributed by atoms with Crippen LogP contribution < -0.4 is 0 Å². The average Bonchev–Trinajstić information content (AvgIpc) is 2.41. The number of halogens is 1. The molecule has 1 amide bonds. The number of aliphatic hydroxyl groups excluding tert-OH is 1. The van der Waals surface area contributed by atoms with Crippen LogP contribution in [0.5, 0.6) is 0 Å². The Bertz CT molecular complexity index is 439. The van der Waals surface area contributed by atoms with E-state index < -0.39 is 0 Å². The van der Waals surface area contributed by atoms with Gasteiger partial charge in [0.25, 0.3) is 5.91 Å². The lowest BCUT2D eigenvalue weighted by atomic mass is 9.97. The van der Waals surface area contributed by atoms with Gasteiger partial charge in [0, 0.05) is 24.2 Å². The normalized spacial score (nSPS) is 16.9. The minimum atomic E-state index is 0.0852. The molecule has 1 aliphatic rings. The number of hydrogen-bond donors (Lipinski definition) is 1. The highest BCUT2D eigenvalue weighted by molar-refractivity contribution is 9.10. The molecule has 98 valence electrons. The van der Waals surface area contributed by atoms with Crippen LogP contribution in [0.15, 0.2) is 22.7 Å². The molecule has 0 spiro atoms. The topological polar surface area (TPSA) is 40.5 Å². The van der Waals surface area contributed by atoms with Crippen molar-refractivity contribution in [2.75, 3.05) is 19.7 Å². The van der Waals surface area contributed by atoms with Crippen LogP contribution in [-0.4, -0.2) is 35.6 Å². The van der Waals surface area contributed by atoms with Crippen molar-refractivity contribution in [1.82, 2.24) is 4.90 Å². The molecule has 1 heterocycles. The number of aliphatic hydroxyl groups is 1. The zero-order valence-electron chi connectivity index (χ0n) is 10.5. The Morgan fingerprint density at radius 1 is 1.44 bits per heavy atom. The van der Waals surface area contributed by atoms with Crippen molar-refractivity contribution in [3.8, 4) is 0 Å². The van der Waals surface area contributed by atoms with E-state index in [1.807, 2.05) is 30.0 Å². The van der Waals surface area contributed by atoms with Gasteiger partial charge in [0.15, 0.2) is 0 Å². The number of aryl methyl sites for hydroxylation is 1. The Hall–Kier alpha value is -0.870. The third kappa shape index (κ3) is 2.93. The van der Waals surface area contributed by atoms with E-state index in [0.717, 1.165) is 41.5 Å². The molecule has 0 saturated carbocycles. The molecule has 0 atom stereocenters. The first-order valence-electron chi connectivity index (χ1n) is 6.28. The van der Waals surface area contributed by atoms with Crippen LogP contribution in [-0.2, 0) is 0 Å². The van der Waals surface area contributed by atoms with Gasteiger partial charge in [0.2, 0.25) is 0 Å². The molecule has 2 rings (SSSR count). The van der Waals surface area contributed by atoms with Crippen molar-refractivity contribution < 1.29 is 9.90 Å². The van der Waals surface area contributed by atoms with Crippen LogP contribution >= 0.6 is 15.9 Å². The maximum atomic E-state index is 12.4. The highest BCUT2D eigenvalue weighted by atomic mass is 79.9. The number of rotatable bonds is 2. The maximum absolute atomic E-state index is 12.4. The number of nitrogens with zero attached hydrogens (tertiary/aromatic N) is 1. The van der Waals surface area contributed by atoms with E-state index in [-0.39, 0.29) is 12.5 Å². The molecule has 0 aromatic heterocycles. The molecule has 4 heteroatoms. The number of hydrogen-bond acceptors (Lipinski definition) is 2. The second-order valence-corrected chi connectivity index (χ2v) is 5.76. The van der Waals surface area contributed by atoms with Gasteiger partial charge in [-0.3, -0.25) is 4.79 Å². The minimum absolute atomic E-state index is 0.0852. The molecular weight excluding hydrogens is 294 g/mol. The fourth-order valence-electron chi connectivity index (χ4n) is 2.29. The molecular formula is C14H18BrNO2. The summed E-state index contributed by atoms with van der Waals surface area (Å²) in [6.45, 7) is 3.70. The zero-order valence-corrected chi connectivity index (χ0v) is 12.1. The zero-order chi connectivity index (χ0) is 13.1. The molecule has 0 bridgehead atoms. The first-order valence-corrected chi connectivity index (χ1v) is 7.07. The number of amides is 1. The van der Waals surface area contributed by atoms with Crippen molar-refractivity contribution in [3.63, 3.8) is 0 Å². The van der Waals surface area contributed by atoms with E-state index >= 15 is 0 Å². The van der Waals surface area contributed by atoms with E-state index in [1.165, 1.54) is 0 Å². The highest BCUT2D eigenvalue weighted by Crippen LogP contribution is 2.23. The van der Waals surface area contributed by atoms with E-state index in [4.69, 9.17) is 5.11 Å². The smallest absolute Gasteiger partial charge is 0.255 e. The molecule has 18 heavy (non-hydrogen) atoms. The van der Waals surface area contributed by atoms with E-state index in [1.54, 1.807) is 0 Å². The summed E-state index contributed by atoms with van der Waals surface area (Å²) < 4.78 is 0.849. The van der Waals surface area contributed by atoms with Crippen molar-refractivity contribution in [1.29, 1.82) is 0 Å². The number of carbonyl (C=O) groups is 1. The van der Waals surface area contributed by atoms with Crippen molar-refractivity contribution in [2.45, 2.75) is 19.8 Å². The third-order valence-electron chi connectivity index (χ3n) is 3.51. The fourth-order valence-corrected chi connectivity index (χ4v) is 2.71. The SMILES string of the molecule is Cc1ccc(Br)c(C(=O)N2CCC(CO)CC2)c1. The van der Waals surface area contributed by atoms with Gasteiger partial charge in [-0.25, -0.2) is 0 Å². The Balaban J connectivity index is 2.10. The number of likely N-dealkylation sites (tertiary alicyclic amines) is 1. The van der Waals surface area contributed by atoms with Crippen molar-refractivity contribution in [2.24, 2.45) is 5.92 Å². The molecule has 3 nitrogen and oxygen atoms in total. The van der Waals surface area contributed by atoms with Crippen LogP contribution in [0.1, 0.15) is 28.8 Å². The molecule has 1 aromatic rings. The standard InChI is InChI=1S/C14H18BrNO2/c1-10-2-3-13(15)12(8-10)14(18)16-6-4-11(9-17)5-7-16/h2-3,8,11,17H,4-7,9H2,1H3. The summed E-state index contributed by atoms with van der Waals surface area (Å²) in [5.41, 5.74) is 1.82. The van der Waals surface area contributed by atoms with Crippen LogP contribution in [0, 0.1) is 12.8 Å². The summed E-state index contributed by atoms with van der Waals surface area (Å²) in [6.07, 6.45) is 1.79. The molecule has 0 aliphatic carbocycles. The van der Waals surface area contributed by atoms with Gasteiger partial charge in [0.1, 0.15) is 0 Å². The first kappa shape index (κ1) is 13.6. The Kier molecular flexibility index (Phi) is 4.40. The van der Waals surface area contributed by atoms with Crippen LogP contribution in [0.3, 0.4) is 0 Å². The summed E-state index contributed by atoms with van der Waals surface area (Å²) in [5, 5.41) is 9.10. The molecule has 0 unspecified atom stereocenters. The van der Waals surface area contributed by atoms with Gasteiger partial charge in [-0.1, -0.05) is 11.6 Å². The second-order valence-electron chi connectivity index (χ2n) is 4.90. The second kappa shape index (κ2) is 5.85. The molecule has 1 fully saturated rings. The van der Waals surface area contributed by atoms with Crippen molar-refractivity contribution >= 4 is 21.8 Å². The number of carbonyl (C=O) groups excluding carboxylic acids is 1. The summed E-state index contributed by atoms with van der Waals surface area (Å²) in [6, 6.07) is 5.83. The first-order chi connectivity index (χ1) is 8.61. The molecule has 1 aromatic carbocycles. The summed E-state index contributed by atoms with van der Waals surface area (Å²) in [4.78, 5) is 14.3. The van der Waals surface area contributed by atoms with Crippen molar-refractivity contribution in [3.05, 3.63) is 33.8 Å². The Morgan fingerprint density at radius 3 is 2.72 bits per heavy atom. The summed E-state index contributed by atoms with van der Waals surface area (Å²) >= 11 is 3.44. The van der Waals surface area contributed by atoms with Gasteiger partial charge in [-0.2, -0.15) is 0 Å². The Labute approximate surface area is 116 Å². The predicted octanol–water partition coefficient (Wildman–Crippen LogP) is 2.60. The number of benzene rings is 1. The van der Waals surface area contributed by atoms with E-state index in [2.05, 4.69) is 15.9 Å².